The fourth-order valence-corrected chi connectivity index (χ4v) is 3.42. The summed E-state index contributed by atoms with van der Waals surface area (Å²) in [6, 6.07) is 6.12. The van der Waals surface area contributed by atoms with Gasteiger partial charge >= 0.3 is 0 Å². The standard InChI is InChI=1S/C20H29NO2/c1-6-21-18(23)10-9-17(22)14-7-8-15-16(13-14)20(4,5)12-11-19(15,2)3/h7-8,13H,6,9-12H2,1-5H3,(H,21,23). The predicted octanol–water partition coefficient (Wildman–Crippen LogP) is 4.13. The van der Waals surface area contributed by atoms with Gasteiger partial charge in [0.1, 0.15) is 0 Å². The zero-order valence-corrected chi connectivity index (χ0v) is 15.1. The first-order valence-electron chi connectivity index (χ1n) is 8.62. The summed E-state index contributed by atoms with van der Waals surface area (Å²) >= 11 is 0. The van der Waals surface area contributed by atoms with E-state index in [-0.39, 0.29) is 35.4 Å². The van der Waals surface area contributed by atoms with E-state index in [1.54, 1.807) is 0 Å². The Kier molecular flexibility index (Phi) is 4.98. The molecule has 2 rings (SSSR count). The van der Waals surface area contributed by atoms with Crippen LogP contribution >= 0.6 is 0 Å². The van der Waals surface area contributed by atoms with Crippen molar-refractivity contribution in [3.63, 3.8) is 0 Å². The molecule has 1 aromatic carbocycles. The predicted molar refractivity (Wildman–Crippen MR) is 94.0 cm³/mol. The first kappa shape index (κ1) is 17.7. The average molecular weight is 315 g/mol. The molecule has 0 saturated heterocycles. The maximum Gasteiger partial charge on any atom is 0.220 e. The van der Waals surface area contributed by atoms with Gasteiger partial charge in [-0.3, -0.25) is 9.59 Å². The number of Topliss-reactive ketones (excluding diaryl/α,β-unsaturated/α-hetero) is 1. The van der Waals surface area contributed by atoms with Crippen LogP contribution in [0.15, 0.2) is 18.2 Å². The van der Waals surface area contributed by atoms with E-state index in [0.717, 1.165) is 18.4 Å². The number of amides is 1. The molecule has 0 bridgehead atoms. The van der Waals surface area contributed by atoms with E-state index in [1.807, 2.05) is 13.0 Å². The fourth-order valence-electron chi connectivity index (χ4n) is 3.42. The van der Waals surface area contributed by atoms with Crippen LogP contribution in [-0.2, 0) is 15.6 Å². The number of carbonyl (C=O) groups excluding carboxylic acids is 2. The fraction of sp³-hybridized carbons (Fsp3) is 0.600. The lowest BCUT2D eigenvalue weighted by atomic mass is 9.63. The minimum absolute atomic E-state index is 0.0539. The molecule has 1 aliphatic rings. The third-order valence-electron chi connectivity index (χ3n) is 5.13. The second-order valence-electron chi connectivity index (χ2n) is 7.90. The molecule has 0 saturated carbocycles. The van der Waals surface area contributed by atoms with Crippen molar-refractivity contribution in [3.05, 3.63) is 34.9 Å². The van der Waals surface area contributed by atoms with Crippen molar-refractivity contribution in [2.75, 3.05) is 6.54 Å². The molecule has 0 radical (unpaired) electrons. The van der Waals surface area contributed by atoms with Gasteiger partial charge in [-0.15, -0.1) is 0 Å². The summed E-state index contributed by atoms with van der Waals surface area (Å²) in [4.78, 5) is 24.0. The summed E-state index contributed by atoms with van der Waals surface area (Å²) in [5.41, 5.74) is 3.64. The lowest BCUT2D eigenvalue weighted by Crippen LogP contribution is -2.34. The molecule has 1 aliphatic carbocycles. The maximum atomic E-state index is 12.4. The number of benzene rings is 1. The summed E-state index contributed by atoms with van der Waals surface area (Å²) in [7, 11) is 0. The Labute approximate surface area is 139 Å². The molecule has 0 aromatic heterocycles. The number of carbonyl (C=O) groups is 2. The summed E-state index contributed by atoms with van der Waals surface area (Å²) in [5, 5.41) is 2.73. The van der Waals surface area contributed by atoms with E-state index in [4.69, 9.17) is 0 Å². The van der Waals surface area contributed by atoms with Crippen molar-refractivity contribution in [2.45, 2.75) is 71.1 Å². The van der Waals surface area contributed by atoms with Gasteiger partial charge in [-0.1, -0.05) is 39.8 Å². The molecule has 126 valence electrons. The highest BCUT2D eigenvalue weighted by Crippen LogP contribution is 2.45. The van der Waals surface area contributed by atoms with E-state index in [1.165, 1.54) is 11.1 Å². The van der Waals surface area contributed by atoms with Crippen molar-refractivity contribution in [1.82, 2.24) is 5.32 Å². The minimum Gasteiger partial charge on any atom is -0.356 e. The highest BCUT2D eigenvalue weighted by molar-refractivity contribution is 5.98. The first-order valence-corrected chi connectivity index (χ1v) is 8.62. The molecule has 3 heteroatoms. The zero-order chi connectivity index (χ0) is 17.3. The summed E-state index contributed by atoms with van der Waals surface area (Å²) in [6.45, 7) is 11.5. The van der Waals surface area contributed by atoms with Crippen LogP contribution in [0.5, 0.6) is 0 Å². The topological polar surface area (TPSA) is 46.2 Å². The van der Waals surface area contributed by atoms with Gasteiger partial charge in [0.25, 0.3) is 0 Å². The first-order chi connectivity index (χ1) is 10.7. The van der Waals surface area contributed by atoms with E-state index >= 15 is 0 Å². The largest absolute Gasteiger partial charge is 0.356 e. The Morgan fingerprint density at radius 3 is 2.22 bits per heavy atom. The normalized spacial score (nSPS) is 18.1. The van der Waals surface area contributed by atoms with Crippen LogP contribution in [0.4, 0.5) is 0 Å². The van der Waals surface area contributed by atoms with Crippen LogP contribution in [-0.4, -0.2) is 18.2 Å². The highest BCUT2D eigenvalue weighted by atomic mass is 16.2. The van der Waals surface area contributed by atoms with Crippen LogP contribution in [0, 0.1) is 0 Å². The molecule has 1 amide bonds. The molecule has 3 nitrogen and oxygen atoms in total. The van der Waals surface area contributed by atoms with Gasteiger partial charge in [-0.2, -0.15) is 0 Å². The second-order valence-corrected chi connectivity index (χ2v) is 7.90. The maximum absolute atomic E-state index is 12.4. The summed E-state index contributed by atoms with van der Waals surface area (Å²) in [5.74, 6) is -0.00138. The van der Waals surface area contributed by atoms with E-state index < -0.39 is 0 Å². The van der Waals surface area contributed by atoms with Crippen molar-refractivity contribution in [2.24, 2.45) is 0 Å². The van der Waals surface area contributed by atoms with Gasteiger partial charge in [-0.25, -0.2) is 0 Å². The zero-order valence-electron chi connectivity index (χ0n) is 15.1. The average Bonchev–Trinajstić information content (AvgIpc) is 2.49. The van der Waals surface area contributed by atoms with Crippen molar-refractivity contribution in [1.29, 1.82) is 0 Å². The van der Waals surface area contributed by atoms with Crippen LogP contribution in [0.1, 0.15) is 81.8 Å². The number of rotatable bonds is 5. The Morgan fingerprint density at radius 1 is 1.00 bits per heavy atom. The van der Waals surface area contributed by atoms with Gasteiger partial charge in [0.05, 0.1) is 0 Å². The lowest BCUT2D eigenvalue weighted by molar-refractivity contribution is -0.120. The second kappa shape index (κ2) is 6.46. The Bertz CT molecular complexity index is 614. The van der Waals surface area contributed by atoms with Crippen molar-refractivity contribution in [3.8, 4) is 0 Å². The number of hydrogen-bond donors (Lipinski definition) is 1. The number of ketones is 1. The van der Waals surface area contributed by atoms with Crippen molar-refractivity contribution < 1.29 is 9.59 Å². The molecule has 0 atom stereocenters. The molecule has 23 heavy (non-hydrogen) atoms. The van der Waals surface area contributed by atoms with Gasteiger partial charge < -0.3 is 5.32 Å². The third-order valence-corrected chi connectivity index (χ3v) is 5.13. The van der Waals surface area contributed by atoms with E-state index in [0.29, 0.717) is 6.54 Å². The minimum atomic E-state index is -0.0553. The Hall–Kier alpha value is -1.64. The van der Waals surface area contributed by atoms with Crippen LogP contribution in [0.25, 0.3) is 0 Å². The molecular weight excluding hydrogens is 286 g/mol. The summed E-state index contributed by atoms with van der Waals surface area (Å²) in [6.07, 6.45) is 2.83. The molecular formula is C20H29NO2. The molecule has 0 fully saturated rings. The molecule has 0 heterocycles. The Morgan fingerprint density at radius 2 is 1.61 bits per heavy atom. The lowest BCUT2D eigenvalue weighted by Gasteiger charge is -2.42. The summed E-state index contributed by atoms with van der Waals surface area (Å²) < 4.78 is 0. The molecule has 1 N–H and O–H groups in total. The van der Waals surface area contributed by atoms with Gasteiger partial charge in [0.15, 0.2) is 5.78 Å². The number of hydrogen-bond acceptors (Lipinski definition) is 2. The SMILES string of the molecule is CCNC(=O)CCC(=O)c1ccc2c(c1)C(C)(C)CCC2(C)C. The van der Waals surface area contributed by atoms with Gasteiger partial charge in [-0.05, 0) is 47.8 Å². The van der Waals surface area contributed by atoms with Crippen LogP contribution in [0.2, 0.25) is 0 Å². The third kappa shape index (κ3) is 3.82. The number of fused-ring (bicyclic) bond motifs is 1. The van der Waals surface area contributed by atoms with Crippen molar-refractivity contribution >= 4 is 11.7 Å². The molecule has 0 aliphatic heterocycles. The molecule has 1 aromatic rings. The Balaban J connectivity index is 2.23. The smallest absolute Gasteiger partial charge is 0.220 e. The van der Waals surface area contributed by atoms with Gasteiger partial charge in [0.2, 0.25) is 5.91 Å². The van der Waals surface area contributed by atoms with E-state index in [9.17, 15) is 9.59 Å². The number of nitrogens with one attached hydrogen (secondary N) is 1. The van der Waals surface area contributed by atoms with Gasteiger partial charge in [0, 0.05) is 24.9 Å². The highest BCUT2D eigenvalue weighted by Gasteiger charge is 2.37. The van der Waals surface area contributed by atoms with Crippen LogP contribution < -0.4 is 5.32 Å². The molecule has 0 spiro atoms. The quantitative estimate of drug-likeness (QED) is 0.830. The van der Waals surface area contributed by atoms with Crippen LogP contribution in [0.3, 0.4) is 0 Å². The molecule has 0 unspecified atom stereocenters. The monoisotopic (exact) mass is 315 g/mol. The van der Waals surface area contributed by atoms with E-state index in [2.05, 4.69) is 45.1 Å².